The van der Waals surface area contributed by atoms with Crippen LogP contribution in [0.1, 0.15) is 41.0 Å². The zero-order chi connectivity index (χ0) is 13.7. The molecule has 0 aliphatic rings. The minimum atomic E-state index is 0.140. The van der Waals surface area contributed by atoms with Crippen molar-refractivity contribution < 1.29 is 4.74 Å². The summed E-state index contributed by atoms with van der Waals surface area (Å²) in [4.78, 5) is 2.32. The highest BCUT2D eigenvalue weighted by molar-refractivity contribution is 5.74. The maximum atomic E-state index is 6.23. The van der Waals surface area contributed by atoms with Crippen molar-refractivity contribution in [3.05, 3.63) is 18.2 Å². The standard InChI is InChI=1S/C15H26N2O/c1-6-12(5)17(7-2)13-9-8-10-14(15(13)16)18-11(3)4/h8-12H,6-7,16H2,1-5H3. The fourth-order valence-electron chi connectivity index (χ4n) is 2.08. The van der Waals surface area contributed by atoms with E-state index in [4.69, 9.17) is 10.5 Å². The van der Waals surface area contributed by atoms with Crippen LogP contribution in [0.2, 0.25) is 0 Å². The highest BCUT2D eigenvalue weighted by Crippen LogP contribution is 2.34. The van der Waals surface area contributed by atoms with Crippen molar-refractivity contribution in [2.24, 2.45) is 0 Å². The minimum absolute atomic E-state index is 0.140. The monoisotopic (exact) mass is 250 g/mol. The van der Waals surface area contributed by atoms with Crippen LogP contribution in [0.25, 0.3) is 0 Å². The average Bonchev–Trinajstić information content (AvgIpc) is 2.33. The van der Waals surface area contributed by atoms with Gasteiger partial charge in [0.2, 0.25) is 0 Å². The Labute approximate surface area is 111 Å². The second kappa shape index (κ2) is 6.53. The second-order valence-corrected chi connectivity index (χ2v) is 4.90. The molecule has 102 valence electrons. The number of nitrogens with zero attached hydrogens (tertiary/aromatic N) is 1. The van der Waals surface area contributed by atoms with Gasteiger partial charge in [-0.05, 0) is 46.2 Å². The lowest BCUT2D eigenvalue weighted by molar-refractivity contribution is 0.244. The molecule has 3 nitrogen and oxygen atoms in total. The third-order valence-corrected chi connectivity index (χ3v) is 3.18. The normalized spacial score (nSPS) is 12.6. The summed E-state index contributed by atoms with van der Waals surface area (Å²) >= 11 is 0. The van der Waals surface area contributed by atoms with E-state index in [2.05, 4.69) is 31.7 Å². The van der Waals surface area contributed by atoms with Crippen LogP contribution in [0, 0.1) is 0 Å². The van der Waals surface area contributed by atoms with Crippen molar-refractivity contribution in [3.63, 3.8) is 0 Å². The van der Waals surface area contributed by atoms with Crippen molar-refractivity contribution >= 4 is 11.4 Å². The quantitative estimate of drug-likeness (QED) is 0.783. The number of hydrogen-bond donors (Lipinski definition) is 1. The van der Waals surface area contributed by atoms with E-state index < -0.39 is 0 Å². The van der Waals surface area contributed by atoms with Gasteiger partial charge in [-0.3, -0.25) is 0 Å². The van der Waals surface area contributed by atoms with Gasteiger partial charge < -0.3 is 15.4 Å². The molecular formula is C15H26N2O. The van der Waals surface area contributed by atoms with Crippen molar-refractivity contribution in [2.45, 2.75) is 53.2 Å². The summed E-state index contributed by atoms with van der Waals surface area (Å²) < 4.78 is 5.74. The zero-order valence-electron chi connectivity index (χ0n) is 12.2. The van der Waals surface area contributed by atoms with Crippen LogP contribution >= 0.6 is 0 Å². The molecule has 0 aliphatic carbocycles. The lowest BCUT2D eigenvalue weighted by Crippen LogP contribution is -2.33. The number of ether oxygens (including phenoxy) is 1. The first-order chi connectivity index (χ1) is 8.51. The molecule has 0 saturated heterocycles. The van der Waals surface area contributed by atoms with E-state index >= 15 is 0 Å². The summed E-state index contributed by atoms with van der Waals surface area (Å²) in [6, 6.07) is 6.49. The first-order valence-electron chi connectivity index (χ1n) is 6.83. The van der Waals surface area contributed by atoms with Crippen molar-refractivity contribution in [1.82, 2.24) is 0 Å². The maximum Gasteiger partial charge on any atom is 0.144 e. The van der Waals surface area contributed by atoms with Crippen molar-refractivity contribution in [3.8, 4) is 5.75 Å². The van der Waals surface area contributed by atoms with Gasteiger partial charge in [0.25, 0.3) is 0 Å². The fourth-order valence-corrected chi connectivity index (χ4v) is 2.08. The molecule has 0 fully saturated rings. The lowest BCUT2D eigenvalue weighted by Gasteiger charge is -2.31. The average molecular weight is 250 g/mol. The first kappa shape index (κ1) is 14.7. The summed E-state index contributed by atoms with van der Waals surface area (Å²) in [6.07, 6.45) is 1.24. The Balaban J connectivity index is 3.08. The number of hydrogen-bond acceptors (Lipinski definition) is 3. The van der Waals surface area contributed by atoms with Crippen LogP contribution in [0.3, 0.4) is 0 Å². The number of benzene rings is 1. The number of rotatable bonds is 6. The van der Waals surface area contributed by atoms with Gasteiger partial charge in [0.05, 0.1) is 17.5 Å². The van der Waals surface area contributed by atoms with Gasteiger partial charge in [0.1, 0.15) is 5.75 Å². The summed E-state index contributed by atoms with van der Waals surface area (Å²) in [5, 5.41) is 0. The Bertz CT molecular complexity index is 377. The Morgan fingerprint density at radius 2 is 1.89 bits per heavy atom. The molecule has 0 radical (unpaired) electrons. The molecule has 18 heavy (non-hydrogen) atoms. The van der Waals surface area contributed by atoms with E-state index in [0.29, 0.717) is 6.04 Å². The smallest absolute Gasteiger partial charge is 0.144 e. The van der Waals surface area contributed by atoms with Gasteiger partial charge in [-0.15, -0.1) is 0 Å². The largest absolute Gasteiger partial charge is 0.489 e. The van der Waals surface area contributed by atoms with Crippen LogP contribution in [0.4, 0.5) is 11.4 Å². The molecule has 0 spiro atoms. The van der Waals surface area contributed by atoms with E-state index in [9.17, 15) is 0 Å². The molecule has 0 heterocycles. The molecule has 0 saturated carbocycles. The summed E-state index contributed by atoms with van der Waals surface area (Å²) in [7, 11) is 0. The molecule has 1 aromatic carbocycles. The van der Waals surface area contributed by atoms with Gasteiger partial charge in [0.15, 0.2) is 0 Å². The molecule has 2 N–H and O–H groups in total. The molecule has 0 bridgehead atoms. The Kier molecular flexibility index (Phi) is 5.32. The van der Waals surface area contributed by atoms with Gasteiger partial charge in [-0.25, -0.2) is 0 Å². The summed E-state index contributed by atoms with van der Waals surface area (Å²) in [5.41, 5.74) is 8.05. The van der Waals surface area contributed by atoms with Crippen molar-refractivity contribution in [1.29, 1.82) is 0 Å². The highest BCUT2D eigenvalue weighted by atomic mass is 16.5. The SMILES string of the molecule is CCC(C)N(CC)c1cccc(OC(C)C)c1N. The van der Waals surface area contributed by atoms with Crippen LogP contribution in [0.15, 0.2) is 18.2 Å². The van der Waals surface area contributed by atoms with E-state index in [-0.39, 0.29) is 6.10 Å². The molecule has 1 rings (SSSR count). The third kappa shape index (κ3) is 3.31. The number of para-hydroxylation sites is 1. The van der Waals surface area contributed by atoms with E-state index in [1.54, 1.807) is 0 Å². The topological polar surface area (TPSA) is 38.5 Å². The van der Waals surface area contributed by atoms with E-state index in [1.807, 2.05) is 26.0 Å². The van der Waals surface area contributed by atoms with Crippen molar-refractivity contribution in [2.75, 3.05) is 17.2 Å². The number of anilines is 2. The predicted molar refractivity (Wildman–Crippen MR) is 79.4 cm³/mol. The Morgan fingerprint density at radius 3 is 2.39 bits per heavy atom. The number of nitrogen functional groups attached to an aromatic ring is 1. The summed E-state index contributed by atoms with van der Waals surface area (Å²) in [6.45, 7) is 11.5. The van der Waals surface area contributed by atoms with E-state index in [0.717, 1.165) is 30.1 Å². The minimum Gasteiger partial charge on any atom is -0.489 e. The van der Waals surface area contributed by atoms with Crippen LogP contribution in [-0.2, 0) is 0 Å². The van der Waals surface area contributed by atoms with E-state index in [1.165, 1.54) is 0 Å². The third-order valence-electron chi connectivity index (χ3n) is 3.18. The molecule has 1 aromatic rings. The zero-order valence-corrected chi connectivity index (χ0v) is 12.2. The van der Waals surface area contributed by atoms with Crippen LogP contribution in [0.5, 0.6) is 5.75 Å². The Hall–Kier alpha value is -1.38. The number of nitrogens with two attached hydrogens (primary N) is 1. The van der Waals surface area contributed by atoms with Crippen LogP contribution < -0.4 is 15.4 Å². The fraction of sp³-hybridized carbons (Fsp3) is 0.600. The van der Waals surface area contributed by atoms with Crippen LogP contribution in [-0.4, -0.2) is 18.7 Å². The second-order valence-electron chi connectivity index (χ2n) is 4.90. The van der Waals surface area contributed by atoms with Gasteiger partial charge in [0, 0.05) is 12.6 Å². The lowest BCUT2D eigenvalue weighted by atomic mass is 10.1. The predicted octanol–water partition coefficient (Wildman–Crippen LogP) is 3.68. The molecule has 0 amide bonds. The molecule has 3 heteroatoms. The Morgan fingerprint density at radius 1 is 1.22 bits per heavy atom. The van der Waals surface area contributed by atoms with Gasteiger partial charge >= 0.3 is 0 Å². The first-order valence-corrected chi connectivity index (χ1v) is 6.83. The molecule has 0 aliphatic heterocycles. The highest BCUT2D eigenvalue weighted by Gasteiger charge is 2.16. The molecule has 1 unspecified atom stereocenters. The maximum absolute atomic E-state index is 6.23. The summed E-state index contributed by atoms with van der Waals surface area (Å²) in [5.74, 6) is 0.782. The van der Waals surface area contributed by atoms with Gasteiger partial charge in [-0.1, -0.05) is 13.0 Å². The molecular weight excluding hydrogens is 224 g/mol. The molecule has 1 atom stereocenters. The van der Waals surface area contributed by atoms with Gasteiger partial charge in [-0.2, -0.15) is 0 Å². The molecule has 0 aromatic heterocycles.